The number of hydrogen-bond donors (Lipinski definition) is 1. The third kappa shape index (κ3) is 3.68. The number of benzene rings is 2. The molecule has 2 aromatic rings. The van der Waals surface area contributed by atoms with Crippen LogP contribution < -0.4 is 5.32 Å². The topological polar surface area (TPSA) is 29.1 Å². The van der Waals surface area contributed by atoms with Crippen molar-refractivity contribution in [3.8, 4) is 0 Å². The molecule has 2 rings (SSSR count). The maximum atomic E-state index is 12.2. The maximum absolute atomic E-state index is 12.2. The molecule has 0 aliphatic heterocycles. The van der Waals surface area contributed by atoms with Gasteiger partial charge in [0.15, 0.2) is 0 Å². The number of hydrogen-bond acceptors (Lipinski definition) is 1. The molecular weight excluding hydrogens is 234 g/mol. The summed E-state index contributed by atoms with van der Waals surface area (Å²) in [6.07, 6.45) is 0.810. The first-order valence-electron chi connectivity index (χ1n) is 6.68. The minimum Gasteiger partial charge on any atom is -0.351 e. The van der Waals surface area contributed by atoms with Crippen LogP contribution in [0.15, 0.2) is 60.7 Å². The van der Waals surface area contributed by atoms with Gasteiger partial charge in [-0.05, 0) is 17.5 Å². The standard InChI is InChI=1S/C17H19NO/c1-2-16(15-11-7-4-8-12-15)17(19)18-13-14-9-5-3-6-10-14/h3-12,16H,2,13H2,1H3,(H,18,19)/t16-/m1/s1. The maximum Gasteiger partial charge on any atom is 0.227 e. The molecule has 2 nitrogen and oxygen atoms in total. The zero-order chi connectivity index (χ0) is 13.5. The molecule has 0 aromatic heterocycles. The van der Waals surface area contributed by atoms with Crippen LogP contribution in [0.25, 0.3) is 0 Å². The molecule has 2 heteroatoms. The molecule has 1 N–H and O–H groups in total. The average Bonchev–Trinajstić information content (AvgIpc) is 2.48. The van der Waals surface area contributed by atoms with Crippen molar-refractivity contribution in [2.75, 3.05) is 0 Å². The Bertz CT molecular complexity index is 507. The van der Waals surface area contributed by atoms with Crippen molar-refractivity contribution in [3.05, 3.63) is 71.8 Å². The molecule has 0 fully saturated rings. The minimum atomic E-state index is -0.0649. The zero-order valence-corrected chi connectivity index (χ0v) is 11.2. The first-order chi connectivity index (χ1) is 9.31. The van der Waals surface area contributed by atoms with Crippen molar-refractivity contribution < 1.29 is 4.79 Å². The van der Waals surface area contributed by atoms with E-state index in [2.05, 4.69) is 5.32 Å². The van der Waals surface area contributed by atoms with E-state index < -0.39 is 0 Å². The second-order valence-electron chi connectivity index (χ2n) is 4.57. The number of carbonyl (C=O) groups excluding carboxylic acids is 1. The predicted molar refractivity (Wildman–Crippen MR) is 77.8 cm³/mol. The van der Waals surface area contributed by atoms with Gasteiger partial charge in [-0.2, -0.15) is 0 Å². The quantitative estimate of drug-likeness (QED) is 0.868. The van der Waals surface area contributed by atoms with Gasteiger partial charge in [0.1, 0.15) is 0 Å². The lowest BCUT2D eigenvalue weighted by Crippen LogP contribution is -2.28. The normalized spacial score (nSPS) is 11.8. The molecular formula is C17H19NO. The van der Waals surface area contributed by atoms with E-state index in [-0.39, 0.29) is 11.8 Å². The van der Waals surface area contributed by atoms with Gasteiger partial charge < -0.3 is 5.32 Å². The lowest BCUT2D eigenvalue weighted by Gasteiger charge is -2.15. The van der Waals surface area contributed by atoms with Crippen LogP contribution in [0.5, 0.6) is 0 Å². The molecule has 0 bridgehead atoms. The van der Waals surface area contributed by atoms with Gasteiger partial charge in [0.2, 0.25) is 5.91 Å². The second-order valence-corrected chi connectivity index (χ2v) is 4.57. The summed E-state index contributed by atoms with van der Waals surface area (Å²) in [7, 11) is 0. The summed E-state index contributed by atoms with van der Waals surface area (Å²) in [5.74, 6) is 0.0301. The van der Waals surface area contributed by atoms with Gasteiger partial charge in [0.25, 0.3) is 0 Å². The van der Waals surface area contributed by atoms with E-state index in [1.807, 2.05) is 67.6 Å². The van der Waals surface area contributed by atoms with Gasteiger partial charge in [-0.3, -0.25) is 4.79 Å². The van der Waals surface area contributed by atoms with Crippen molar-refractivity contribution in [1.29, 1.82) is 0 Å². The van der Waals surface area contributed by atoms with E-state index in [4.69, 9.17) is 0 Å². The molecule has 1 amide bonds. The molecule has 0 saturated carbocycles. The molecule has 0 radical (unpaired) electrons. The average molecular weight is 253 g/mol. The SMILES string of the molecule is CC[C@@H](C(=O)NCc1ccccc1)c1ccccc1. The fourth-order valence-corrected chi connectivity index (χ4v) is 2.17. The van der Waals surface area contributed by atoms with Crippen molar-refractivity contribution >= 4 is 5.91 Å². The van der Waals surface area contributed by atoms with Crippen LogP contribution in [-0.2, 0) is 11.3 Å². The van der Waals surface area contributed by atoms with E-state index in [0.717, 1.165) is 17.5 Å². The molecule has 1 atom stereocenters. The summed E-state index contributed by atoms with van der Waals surface area (Å²) < 4.78 is 0. The lowest BCUT2D eigenvalue weighted by molar-refractivity contribution is -0.122. The number of nitrogens with one attached hydrogen (secondary N) is 1. The molecule has 0 spiro atoms. The van der Waals surface area contributed by atoms with Crippen LogP contribution in [0, 0.1) is 0 Å². The zero-order valence-electron chi connectivity index (χ0n) is 11.2. The molecule has 0 saturated heterocycles. The van der Waals surface area contributed by atoms with Crippen LogP contribution in [0.3, 0.4) is 0 Å². The Labute approximate surface area is 114 Å². The van der Waals surface area contributed by atoms with E-state index in [9.17, 15) is 4.79 Å². The highest BCUT2D eigenvalue weighted by Gasteiger charge is 2.17. The van der Waals surface area contributed by atoms with Gasteiger partial charge >= 0.3 is 0 Å². The Kier molecular flexibility index (Phi) is 4.73. The number of rotatable bonds is 5. The Hall–Kier alpha value is -2.09. The Morgan fingerprint density at radius 1 is 1.00 bits per heavy atom. The lowest BCUT2D eigenvalue weighted by atomic mass is 9.95. The Morgan fingerprint density at radius 2 is 1.58 bits per heavy atom. The largest absolute Gasteiger partial charge is 0.351 e. The molecule has 19 heavy (non-hydrogen) atoms. The highest BCUT2D eigenvalue weighted by atomic mass is 16.1. The molecule has 0 unspecified atom stereocenters. The molecule has 98 valence electrons. The highest BCUT2D eigenvalue weighted by molar-refractivity contribution is 5.83. The number of carbonyl (C=O) groups is 1. The van der Waals surface area contributed by atoms with Crippen molar-refractivity contribution in [2.45, 2.75) is 25.8 Å². The molecule has 0 heterocycles. The predicted octanol–water partition coefficient (Wildman–Crippen LogP) is 3.50. The van der Waals surface area contributed by atoms with Gasteiger partial charge in [0.05, 0.1) is 5.92 Å². The Balaban J connectivity index is 1.98. The third-order valence-electron chi connectivity index (χ3n) is 3.24. The van der Waals surface area contributed by atoms with E-state index >= 15 is 0 Å². The van der Waals surface area contributed by atoms with E-state index in [0.29, 0.717) is 6.54 Å². The Morgan fingerprint density at radius 3 is 2.16 bits per heavy atom. The summed E-state index contributed by atoms with van der Waals surface area (Å²) in [5.41, 5.74) is 2.20. The van der Waals surface area contributed by atoms with Crippen LogP contribution in [-0.4, -0.2) is 5.91 Å². The van der Waals surface area contributed by atoms with E-state index in [1.165, 1.54) is 0 Å². The monoisotopic (exact) mass is 253 g/mol. The van der Waals surface area contributed by atoms with E-state index in [1.54, 1.807) is 0 Å². The molecule has 0 aliphatic carbocycles. The van der Waals surface area contributed by atoms with Gasteiger partial charge in [0, 0.05) is 6.54 Å². The van der Waals surface area contributed by atoms with Crippen molar-refractivity contribution in [1.82, 2.24) is 5.32 Å². The van der Waals surface area contributed by atoms with Gasteiger partial charge in [-0.25, -0.2) is 0 Å². The van der Waals surface area contributed by atoms with Gasteiger partial charge in [-0.1, -0.05) is 67.6 Å². The summed E-state index contributed by atoms with van der Waals surface area (Å²) in [6.45, 7) is 2.63. The minimum absolute atomic E-state index is 0.0649. The van der Waals surface area contributed by atoms with Crippen LogP contribution >= 0.6 is 0 Å². The second kappa shape index (κ2) is 6.74. The first kappa shape index (κ1) is 13.3. The summed E-state index contributed by atoms with van der Waals surface area (Å²) >= 11 is 0. The van der Waals surface area contributed by atoms with Gasteiger partial charge in [-0.15, -0.1) is 0 Å². The summed E-state index contributed by atoms with van der Waals surface area (Å²) in [5, 5.41) is 3.01. The fourth-order valence-electron chi connectivity index (χ4n) is 2.17. The van der Waals surface area contributed by atoms with Crippen LogP contribution in [0.1, 0.15) is 30.4 Å². The third-order valence-corrected chi connectivity index (χ3v) is 3.24. The smallest absolute Gasteiger partial charge is 0.227 e. The van der Waals surface area contributed by atoms with Crippen LogP contribution in [0.4, 0.5) is 0 Å². The molecule has 0 aliphatic rings. The van der Waals surface area contributed by atoms with Crippen molar-refractivity contribution in [2.24, 2.45) is 0 Å². The summed E-state index contributed by atoms with van der Waals surface area (Å²) in [4.78, 5) is 12.2. The first-order valence-corrected chi connectivity index (χ1v) is 6.68. The molecule has 2 aromatic carbocycles. The highest BCUT2D eigenvalue weighted by Crippen LogP contribution is 2.19. The number of amides is 1. The van der Waals surface area contributed by atoms with Crippen molar-refractivity contribution in [3.63, 3.8) is 0 Å². The fraction of sp³-hybridized carbons (Fsp3) is 0.235. The summed E-state index contributed by atoms with van der Waals surface area (Å²) in [6, 6.07) is 19.9. The van der Waals surface area contributed by atoms with Crippen LogP contribution in [0.2, 0.25) is 0 Å².